The molecule has 1 aromatic rings. The molecule has 0 spiro atoms. The minimum absolute atomic E-state index is 0.0586. The summed E-state index contributed by atoms with van der Waals surface area (Å²) in [7, 11) is 0. The predicted molar refractivity (Wildman–Crippen MR) is 84.3 cm³/mol. The van der Waals surface area contributed by atoms with Crippen molar-refractivity contribution in [3.8, 4) is 11.5 Å². The molecule has 0 aliphatic carbocycles. The van der Waals surface area contributed by atoms with Gasteiger partial charge in [-0.05, 0) is 50.8 Å². The standard InChI is InChI=1S/C17H22O6/c1-12(2)16(20)22-9-5-3-4-6-10-23-17(21)14-11-13(18)7-8-15(14)19/h7-8,11,18-19H,1,3-6,9-10H2,2H3. The molecule has 23 heavy (non-hydrogen) atoms. The number of hydrogen-bond acceptors (Lipinski definition) is 6. The third-order valence-electron chi connectivity index (χ3n) is 3.05. The summed E-state index contributed by atoms with van der Waals surface area (Å²) in [6, 6.07) is 3.68. The second-order valence-corrected chi connectivity index (χ2v) is 5.17. The number of aromatic hydroxyl groups is 2. The Morgan fingerprint density at radius 3 is 2.26 bits per heavy atom. The van der Waals surface area contributed by atoms with E-state index in [-0.39, 0.29) is 29.6 Å². The zero-order valence-corrected chi connectivity index (χ0v) is 13.2. The Bertz CT molecular complexity index is 564. The highest BCUT2D eigenvalue weighted by Gasteiger charge is 2.13. The number of carbonyl (C=O) groups excluding carboxylic acids is 2. The lowest BCUT2D eigenvalue weighted by Crippen LogP contribution is -2.07. The van der Waals surface area contributed by atoms with Gasteiger partial charge in [-0.2, -0.15) is 0 Å². The van der Waals surface area contributed by atoms with Crippen LogP contribution in [-0.2, 0) is 14.3 Å². The van der Waals surface area contributed by atoms with Gasteiger partial charge < -0.3 is 19.7 Å². The van der Waals surface area contributed by atoms with E-state index in [1.54, 1.807) is 6.92 Å². The average Bonchev–Trinajstić information content (AvgIpc) is 2.51. The van der Waals surface area contributed by atoms with Crippen molar-refractivity contribution < 1.29 is 29.3 Å². The molecule has 0 atom stereocenters. The molecule has 6 nitrogen and oxygen atoms in total. The fourth-order valence-corrected chi connectivity index (χ4v) is 1.78. The molecule has 0 heterocycles. The Balaban J connectivity index is 2.13. The molecule has 1 aromatic carbocycles. The molecule has 1 rings (SSSR count). The minimum atomic E-state index is -0.672. The number of unbranched alkanes of at least 4 members (excludes halogenated alkanes) is 3. The summed E-state index contributed by atoms with van der Waals surface area (Å²) >= 11 is 0. The number of phenolic OH excluding ortho intramolecular Hbond substituents is 2. The summed E-state index contributed by atoms with van der Waals surface area (Å²) in [5, 5.41) is 18.8. The van der Waals surface area contributed by atoms with E-state index in [2.05, 4.69) is 6.58 Å². The largest absolute Gasteiger partial charge is 0.508 e. The average molecular weight is 322 g/mol. The molecule has 0 radical (unpaired) electrons. The third kappa shape index (κ3) is 6.86. The van der Waals surface area contributed by atoms with E-state index in [4.69, 9.17) is 9.47 Å². The van der Waals surface area contributed by atoms with Crippen molar-refractivity contribution >= 4 is 11.9 Å². The molecule has 0 saturated carbocycles. The first kappa shape index (κ1) is 18.5. The minimum Gasteiger partial charge on any atom is -0.508 e. The SMILES string of the molecule is C=C(C)C(=O)OCCCCCCOC(=O)c1cc(O)ccc1O. The monoisotopic (exact) mass is 322 g/mol. The molecule has 2 N–H and O–H groups in total. The van der Waals surface area contributed by atoms with Gasteiger partial charge in [0.15, 0.2) is 0 Å². The quantitative estimate of drug-likeness (QED) is 0.314. The number of benzene rings is 1. The first-order valence-electron chi connectivity index (χ1n) is 7.43. The van der Waals surface area contributed by atoms with E-state index >= 15 is 0 Å². The normalized spacial score (nSPS) is 10.1. The maximum atomic E-state index is 11.7. The zero-order chi connectivity index (χ0) is 17.2. The summed E-state index contributed by atoms with van der Waals surface area (Å²) in [4.78, 5) is 22.9. The molecule has 0 aliphatic heterocycles. The van der Waals surface area contributed by atoms with Crippen LogP contribution in [0.5, 0.6) is 11.5 Å². The van der Waals surface area contributed by atoms with Gasteiger partial charge in [0.05, 0.1) is 13.2 Å². The summed E-state index contributed by atoms with van der Waals surface area (Å²) in [6.45, 7) is 5.66. The van der Waals surface area contributed by atoms with Crippen LogP contribution in [0.4, 0.5) is 0 Å². The van der Waals surface area contributed by atoms with Crippen molar-refractivity contribution in [1.82, 2.24) is 0 Å². The van der Waals surface area contributed by atoms with Crippen LogP contribution in [0.15, 0.2) is 30.4 Å². The van der Waals surface area contributed by atoms with Crippen LogP contribution in [0.2, 0.25) is 0 Å². The maximum absolute atomic E-state index is 11.7. The fourth-order valence-electron chi connectivity index (χ4n) is 1.78. The van der Waals surface area contributed by atoms with Crippen molar-refractivity contribution in [2.45, 2.75) is 32.6 Å². The van der Waals surface area contributed by atoms with E-state index in [1.807, 2.05) is 0 Å². The van der Waals surface area contributed by atoms with Crippen molar-refractivity contribution in [3.63, 3.8) is 0 Å². The molecule has 0 fully saturated rings. The van der Waals surface area contributed by atoms with Crippen LogP contribution in [0.3, 0.4) is 0 Å². The van der Waals surface area contributed by atoms with Gasteiger partial charge in [-0.3, -0.25) is 0 Å². The third-order valence-corrected chi connectivity index (χ3v) is 3.05. The highest BCUT2D eigenvalue weighted by atomic mass is 16.5. The molecule has 6 heteroatoms. The lowest BCUT2D eigenvalue weighted by Gasteiger charge is -2.07. The summed E-state index contributed by atoms with van der Waals surface area (Å²) in [5.74, 6) is -1.40. The van der Waals surface area contributed by atoms with Crippen molar-refractivity contribution in [1.29, 1.82) is 0 Å². The van der Waals surface area contributed by atoms with Gasteiger partial charge in [-0.15, -0.1) is 0 Å². The van der Waals surface area contributed by atoms with Gasteiger partial charge >= 0.3 is 11.9 Å². The van der Waals surface area contributed by atoms with Crippen molar-refractivity contribution in [2.75, 3.05) is 13.2 Å². The van der Waals surface area contributed by atoms with Crippen LogP contribution < -0.4 is 0 Å². The van der Waals surface area contributed by atoms with Crippen LogP contribution in [0.25, 0.3) is 0 Å². The van der Waals surface area contributed by atoms with E-state index in [0.29, 0.717) is 18.6 Å². The van der Waals surface area contributed by atoms with Gasteiger partial charge in [0.2, 0.25) is 0 Å². The second-order valence-electron chi connectivity index (χ2n) is 5.17. The number of rotatable bonds is 9. The van der Waals surface area contributed by atoms with Gasteiger partial charge in [0.25, 0.3) is 0 Å². The molecular formula is C17H22O6. The first-order valence-corrected chi connectivity index (χ1v) is 7.43. The summed E-state index contributed by atoms with van der Waals surface area (Å²) in [6.07, 6.45) is 3.07. The number of phenols is 2. The molecular weight excluding hydrogens is 300 g/mol. The van der Waals surface area contributed by atoms with Crippen LogP contribution in [-0.4, -0.2) is 35.4 Å². The Labute approximate surface area is 135 Å². The van der Waals surface area contributed by atoms with E-state index in [0.717, 1.165) is 25.3 Å². The lowest BCUT2D eigenvalue weighted by atomic mass is 10.2. The number of hydrogen-bond donors (Lipinski definition) is 2. The van der Waals surface area contributed by atoms with Gasteiger partial charge in [0, 0.05) is 5.57 Å². The maximum Gasteiger partial charge on any atom is 0.342 e. The van der Waals surface area contributed by atoms with Crippen molar-refractivity contribution in [3.05, 3.63) is 35.9 Å². The second kappa shape index (κ2) is 9.50. The van der Waals surface area contributed by atoms with E-state index < -0.39 is 5.97 Å². The highest BCUT2D eigenvalue weighted by molar-refractivity contribution is 5.92. The fraction of sp³-hybridized carbons (Fsp3) is 0.412. The van der Waals surface area contributed by atoms with Gasteiger partial charge in [-0.25, -0.2) is 9.59 Å². The lowest BCUT2D eigenvalue weighted by molar-refractivity contribution is -0.139. The molecule has 0 saturated heterocycles. The zero-order valence-electron chi connectivity index (χ0n) is 13.2. The number of ether oxygens (including phenoxy) is 2. The molecule has 0 amide bonds. The van der Waals surface area contributed by atoms with E-state index in [9.17, 15) is 19.8 Å². The molecule has 0 unspecified atom stereocenters. The summed E-state index contributed by atoms with van der Waals surface area (Å²) < 4.78 is 9.99. The van der Waals surface area contributed by atoms with Gasteiger partial charge in [-0.1, -0.05) is 6.58 Å². The summed E-state index contributed by atoms with van der Waals surface area (Å²) in [5.41, 5.74) is 0.323. The highest BCUT2D eigenvalue weighted by Crippen LogP contribution is 2.22. The number of carbonyl (C=O) groups is 2. The van der Waals surface area contributed by atoms with Crippen molar-refractivity contribution in [2.24, 2.45) is 0 Å². The van der Waals surface area contributed by atoms with Crippen LogP contribution in [0.1, 0.15) is 43.0 Å². The molecule has 126 valence electrons. The number of esters is 2. The Morgan fingerprint density at radius 2 is 1.65 bits per heavy atom. The smallest absolute Gasteiger partial charge is 0.342 e. The Hall–Kier alpha value is -2.50. The van der Waals surface area contributed by atoms with Gasteiger partial charge in [0.1, 0.15) is 17.1 Å². The molecule has 0 bridgehead atoms. The van der Waals surface area contributed by atoms with Crippen LogP contribution in [0, 0.1) is 0 Å². The molecule has 0 aliphatic rings. The Morgan fingerprint density at radius 1 is 1.04 bits per heavy atom. The molecule has 0 aromatic heterocycles. The predicted octanol–water partition coefficient (Wildman–Crippen LogP) is 2.93. The van der Waals surface area contributed by atoms with Crippen LogP contribution >= 0.6 is 0 Å². The topological polar surface area (TPSA) is 93.1 Å². The Kier molecular flexibility index (Phi) is 7.66. The first-order chi connectivity index (χ1) is 10.9. The van der Waals surface area contributed by atoms with E-state index in [1.165, 1.54) is 12.1 Å².